The van der Waals surface area contributed by atoms with Crippen LogP contribution < -0.4 is 5.32 Å². The minimum atomic E-state index is -0.611. The zero-order valence-electron chi connectivity index (χ0n) is 13.1. The van der Waals surface area contributed by atoms with Crippen LogP contribution in [0.5, 0.6) is 0 Å². The molecular weight excluding hydrogens is 256 g/mol. The molecule has 2 aliphatic heterocycles. The Morgan fingerprint density at radius 1 is 1.40 bits per heavy atom. The predicted molar refractivity (Wildman–Crippen MR) is 77.6 cm³/mol. The number of rotatable bonds is 6. The molecule has 3 unspecified atom stereocenters. The number of nitrogens with one attached hydrogen (secondary N) is 1. The predicted octanol–water partition coefficient (Wildman–Crippen LogP) is 1.17. The monoisotopic (exact) mass is 284 g/mol. The topological polar surface area (TPSA) is 50.8 Å². The smallest absolute Gasteiger partial charge is 0.325 e. The number of methoxy groups -OCH3 is 1. The first kappa shape index (κ1) is 15.7. The largest absolute Gasteiger partial charge is 0.468 e. The normalized spacial score (nSPS) is 29.4. The van der Waals surface area contributed by atoms with Gasteiger partial charge in [-0.3, -0.25) is 15.0 Å². The number of hydrogen-bond acceptors (Lipinski definition) is 5. The lowest BCUT2D eigenvalue weighted by Gasteiger charge is -2.36. The summed E-state index contributed by atoms with van der Waals surface area (Å²) in [5.74, 6) is -0.178. The zero-order valence-corrected chi connectivity index (χ0v) is 13.1. The summed E-state index contributed by atoms with van der Waals surface area (Å²) < 4.78 is 10.8. The highest BCUT2D eigenvalue weighted by Gasteiger charge is 2.38. The van der Waals surface area contributed by atoms with Crippen molar-refractivity contribution in [2.45, 2.75) is 63.8 Å². The summed E-state index contributed by atoms with van der Waals surface area (Å²) in [5.41, 5.74) is -0.611. The molecule has 0 aliphatic carbocycles. The second-order valence-corrected chi connectivity index (χ2v) is 6.59. The third kappa shape index (κ3) is 3.71. The molecule has 0 radical (unpaired) electrons. The Bertz CT molecular complexity index is 336. The molecule has 1 N–H and O–H groups in total. The van der Waals surface area contributed by atoms with Crippen LogP contribution in [0.2, 0.25) is 0 Å². The molecule has 0 saturated carbocycles. The lowest BCUT2D eigenvalue weighted by atomic mass is 9.96. The van der Waals surface area contributed by atoms with Crippen molar-refractivity contribution in [2.75, 3.05) is 26.7 Å². The summed E-state index contributed by atoms with van der Waals surface area (Å²) in [6, 6.07) is 0.250. The van der Waals surface area contributed by atoms with Crippen LogP contribution in [0.1, 0.15) is 40.0 Å². The Labute approximate surface area is 122 Å². The molecule has 3 atom stereocenters. The Hall–Kier alpha value is -0.650. The molecule has 0 aromatic rings. The quantitative estimate of drug-likeness (QED) is 0.742. The molecule has 2 rings (SSSR count). The summed E-state index contributed by atoms with van der Waals surface area (Å²) in [6.45, 7) is 8.94. The number of esters is 1. The van der Waals surface area contributed by atoms with Gasteiger partial charge in [0.25, 0.3) is 0 Å². The van der Waals surface area contributed by atoms with Crippen molar-refractivity contribution >= 4 is 5.97 Å². The molecule has 0 amide bonds. The fourth-order valence-corrected chi connectivity index (χ4v) is 3.36. The van der Waals surface area contributed by atoms with Gasteiger partial charge in [-0.25, -0.2) is 0 Å². The van der Waals surface area contributed by atoms with E-state index in [9.17, 15) is 4.79 Å². The molecule has 5 nitrogen and oxygen atoms in total. The van der Waals surface area contributed by atoms with Crippen LogP contribution >= 0.6 is 0 Å². The van der Waals surface area contributed by atoms with Crippen LogP contribution in [0.25, 0.3) is 0 Å². The number of fused-ring (bicyclic) bond motifs is 2. The van der Waals surface area contributed by atoms with Gasteiger partial charge in [0.15, 0.2) is 0 Å². The first-order valence-electron chi connectivity index (χ1n) is 7.67. The molecule has 2 bridgehead atoms. The molecule has 0 aromatic carbocycles. The van der Waals surface area contributed by atoms with E-state index in [-0.39, 0.29) is 12.0 Å². The maximum atomic E-state index is 12.1. The maximum Gasteiger partial charge on any atom is 0.325 e. The number of carbonyl (C=O) groups excluding carboxylic acids is 1. The van der Waals surface area contributed by atoms with Gasteiger partial charge in [0.2, 0.25) is 0 Å². The van der Waals surface area contributed by atoms with E-state index in [1.54, 1.807) is 0 Å². The zero-order chi connectivity index (χ0) is 14.8. The van der Waals surface area contributed by atoms with E-state index >= 15 is 0 Å². The number of hydrogen-bond donors (Lipinski definition) is 1. The molecule has 2 heterocycles. The number of nitrogens with zero attached hydrogens (tertiary/aromatic N) is 1. The van der Waals surface area contributed by atoms with Crippen LogP contribution in [0.4, 0.5) is 0 Å². The van der Waals surface area contributed by atoms with Crippen LogP contribution in [-0.2, 0) is 14.3 Å². The second-order valence-electron chi connectivity index (χ2n) is 6.59. The van der Waals surface area contributed by atoms with E-state index in [4.69, 9.17) is 9.47 Å². The summed E-state index contributed by atoms with van der Waals surface area (Å²) in [6.07, 6.45) is 3.92. The molecule has 0 aromatic heterocycles. The van der Waals surface area contributed by atoms with Crippen molar-refractivity contribution in [1.82, 2.24) is 10.2 Å². The minimum Gasteiger partial charge on any atom is -0.468 e. The lowest BCUT2D eigenvalue weighted by molar-refractivity contribution is -0.148. The van der Waals surface area contributed by atoms with Gasteiger partial charge in [-0.1, -0.05) is 0 Å². The van der Waals surface area contributed by atoms with Crippen LogP contribution in [0.3, 0.4) is 0 Å². The number of carbonyl (C=O) groups is 1. The van der Waals surface area contributed by atoms with E-state index in [0.29, 0.717) is 12.2 Å². The SMILES string of the molecule is COC(=O)C(C)(CCN1CC2CCC(C1)O2)NC(C)C. The number of ether oxygens (including phenoxy) is 2. The number of likely N-dealkylation sites (tertiary alicyclic amines) is 1. The van der Waals surface area contributed by atoms with Crippen molar-refractivity contribution in [3.8, 4) is 0 Å². The van der Waals surface area contributed by atoms with E-state index in [0.717, 1.165) is 26.1 Å². The highest BCUT2D eigenvalue weighted by atomic mass is 16.5. The molecular formula is C15H28N2O3. The summed E-state index contributed by atoms with van der Waals surface area (Å²) in [4.78, 5) is 14.5. The molecule has 2 aliphatic rings. The molecule has 5 heteroatoms. The average molecular weight is 284 g/mol. The van der Waals surface area contributed by atoms with Gasteiger partial charge in [-0.15, -0.1) is 0 Å². The third-order valence-corrected chi connectivity index (χ3v) is 4.29. The molecule has 20 heavy (non-hydrogen) atoms. The standard InChI is InChI=1S/C15H28N2O3/c1-11(2)16-15(3,14(18)19-4)7-8-17-9-12-5-6-13(10-17)20-12/h11-13,16H,5-10H2,1-4H3. The first-order valence-corrected chi connectivity index (χ1v) is 7.67. The van der Waals surface area contributed by atoms with E-state index in [2.05, 4.69) is 24.1 Å². The van der Waals surface area contributed by atoms with Gasteiger partial charge in [-0.2, -0.15) is 0 Å². The van der Waals surface area contributed by atoms with E-state index < -0.39 is 5.54 Å². The van der Waals surface area contributed by atoms with Gasteiger partial charge in [0.1, 0.15) is 5.54 Å². The van der Waals surface area contributed by atoms with Gasteiger partial charge < -0.3 is 9.47 Å². The van der Waals surface area contributed by atoms with Gasteiger partial charge in [0.05, 0.1) is 19.3 Å². The number of morpholine rings is 1. The maximum absolute atomic E-state index is 12.1. The highest BCUT2D eigenvalue weighted by molar-refractivity contribution is 5.80. The van der Waals surface area contributed by atoms with Crippen molar-refractivity contribution < 1.29 is 14.3 Å². The van der Waals surface area contributed by atoms with Crippen molar-refractivity contribution in [3.63, 3.8) is 0 Å². The first-order chi connectivity index (χ1) is 9.43. The Balaban J connectivity index is 1.89. The van der Waals surface area contributed by atoms with Crippen molar-refractivity contribution in [2.24, 2.45) is 0 Å². The molecule has 0 spiro atoms. The third-order valence-electron chi connectivity index (χ3n) is 4.29. The molecule has 116 valence electrons. The summed E-state index contributed by atoms with van der Waals surface area (Å²) >= 11 is 0. The van der Waals surface area contributed by atoms with Gasteiger partial charge >= 0.3 is 5.97 Å². The van der Waals surface area contributed by atoms with Crippen LogP contribution in [-0.4, -0.2) is 61.4 Å². The molecule has 2 saturated heterocycles. The Kier molecular flexibility index (Phi) is 5.04. The van der Waals surface area contributed by atoms with Crippen LogP contribution in [0, 0.1) is 0 Å². The summed E-state index contributed by atoms with van der Waals surface area (Å²) in [5, 5.41) is 3.35. The van der Waals surface area contributed by atoms with Crippen LogP contribution in [0.15, 0.2) is 0 Å². The lowest BCUT2D eigenvalue weighted by Crippen LogP contribution is -2.55. The Morgan fingerprint density at radius 3 is 2.50 bits per heavy atom. The fourth-order valence-electron chi connectivity index (χ4n) is 3.36. The summed E-state index contributed by atoms with van der Waals surface area (Å²) in [7, 11) is 1.46. The van der Waals surface area contributed by atoms with E-state index in [1.165, 1.54) is 20.0 Å². The fraction of sp³-hybridized carbons (Fsp3) is 0.933. The van der Waals surface area contributed by atoms with Gasteiger partial charge in [-0.05, 0) is 40.0 Å². The highest BCUT2D eigenvalue weighted by Crippen LogP contribution is 2.27. The Morgan fingerprint density at radius 2 is 2.00 bits per heavy atom. The molecule has 2 fully saturated rings. The van der Waals surface area contributed by atoms with Gasteiger partial charge in [0, 0.05) is 25.7 Å². The average Bonchev–Trinajstić information content (AvgIpc) is 2.74. The van der Waals surface area contributed by atoms with Crippen molar-refractivity contribution in [1.29, 1.82) is 0 Å². The minimum absolute atomic E-state index is 0.178. The van der Waals surface area contributed by atoms with Crippen molar-refractivity contribution in [3.05, 3.63) is 0 Å². The second kappa shape index (κ2) is 6.41. The van der Waals surface area contributed by atoms with E-state index in [1.807, 2.05) is 6.92 Å².